The fraction of sp³-hybridized carbons (Fsp3) is 0.286. The Kier molecular flexibility index (Phi) is 7.75. The van der Waals surface area contributed by atoms with E-state index >= 15 is 0 Å². The Labute approximate surface area is 173 Å². The third-order valence-electron chi connectivity index (χ3n) is 4.14. The summed E-state index contributed by atoms with van der Waals surface area (Å²) in [6, 6.07) is 13.3. The normalized spacial score (nSPS) is 11.6. The highest BCUT2D eigenvalue weighted by Gasteiger charge is 2.24. The first kappa shape index (κ1) is 21.6. The van der Waals surface area contributed by atoms with Crippen molar-refractivity contribution in [2.24, 2.45) is 5.92 Å². The van der Waals surface area contributed by atoms with E-state index in [1.165, 1.54) is 0 Å². The molecule has 7 heteroatoms. The van der Waals surface area contributed by atoms with Crippen LogP contribution in [0.1, 0.15) is 46.5 Å². The zero-order valence-electron chi connectivity index (χ0n) is 16.1. The summed E-state index contributed by atoms with van der Waals surface area (Å²) in [7, 11) is 0. The van der Waals surface area contributed by atoms with Crippen molar-refractivity contribution >= 4 is 33.7 Å². The molecule has 1 unspecified atom stereocenters. The SMILES string of the molecule is Cc1ccccc1C(=O)NC(CC(C)C)C(=O)NNC(=O)c1ccccc1Br. The highest BCUT2D eigenvalue weighted by molar-refractivity contribution is 9.10. The summed E-state index contributed by atoms with van der Waals surface area (Å²) in [5, 5.41) is 2.77. The van der Waals surface area contributed by atoms with Gasteiger partial charge in [-0.15, -0.1) is 0 Å². The van der Waals surface area contributed by atoms with Gasteiger partial charge in [-0.25, -0.2) is 0 Å². The van der Waals surface area contributed by atoms with Crippen LogP contribution in [0.3, 0.4) is 0 Å². The molecule has 3 N–H and O–H groups in total. The van der Waals surface area contributed by atoms with Crippen LogP contribution in [0.4, 0.5) is 0 Å². The molecule has 0 bridgehead atoms. The van der Waals surface area contributed by atoms with Crippen LogP contribution in [0.25, 0.3) is 0 Å². The average Bonchev–Trinajstić information content (AvgIpc) is 2.65. The molecule has 1 atom stereocenters. The molecule has 0 saturated heterocycles. The van der Waals surface area contributed by atoms with Crippen LogP contribution >= 0.6 is 15.9 Å². The monoisotopic (exact) mass is 445 g/mol. The lowest BCUT2D eigenvalue weighted by Gasteiger charge is -2.21. The van der Waals surface area contributed by atoms with Gasteiger partial charge in [-0.1, -0.05) is 44.2 Å². The predicted molar refractivity (Wildman–Crippen MR) is 112 cm³/mol. The van der Waals surface area contributed by atoms with Gasteiger partial charge in [-0.2, -0.15) is 0 Å². The zero-order valence-corrected chi connectivity index (χ0v) is 17.7. The Morgan fingerprint density at radius 2 is 1.50 bits per heavy atom. The van der Waals surface area contributed by atoms with Gasteiger partial charge in [0.25, 0.3) is 17.7 Å². The van der Waals surface area contributed by atoms with E-state index in [0.29, 0.717) is 22.0 Å². The molecule has 0 aliphatic rings. The predicted octanol–water partition coefficient (Wildman–Crippen LogP) is 3.36. The third-order valence-corrected chi connectivity index (χ3v) is 4.83. The number of aryl methyl sites for hydroxylation is 1. The minimum Gasteiger partial charge on any atom is -0.340 e. The second-order valence-corrected chi connectivity index (χ2v) is 7.75. The molecule has 0 radical (unpaired) electrons. The van der Waals surface area contributed by atoms with Crippen molar-refractivity contribution in [1.82, 2.24) is 16.2 Å². The Morgan fingerprint density at radius 3 is 2.11 bits per heavy atom. The van der Waals surface area contributed by atoms with Crippen molar-refractivity contribution < 1.29 is 14.4 Å². The molecule has 0 heterocycles. The molecule has 148 valence electrons. The Balaban J connectivity index is 2.04. The van der Waals surface area contributed by atoms with Crippen LogP contribution in [0.2, 0.25) is 0 Å². The molecule has 0 aromatic heterocycles. The zero-order chi connectivity index (χ0) is 20.7. The van der Waals surface area contributed by atoms with Crippen LogP contribution in [0.15, 0.2) is 53.0 Å². The lowest BCUT2D eigenvalue weighted by Crippen LogP contribution is -2.52. The molecule has 0 spiro atoms. The van der Waals surface area contributed by atoms with E-state index in [9.17, 15) is 14.4 Å². The van der Waals surface area contributed by atoms with Gasteiger partial charge in [-0.3, -0.25) is 25.2 Å². The van der Waals surface area contributed by atoms with Gasteiger partial charge in [0.1, 0.15) is 6.04 Å². The number of amides is 3. The number of carbonyl (C=O) groups is 3. The molecule has 0 aliphatic heterocycles. The maximum Gasteiger partial charge on any atom is 0.270 e. The largest absolute Gasteiger partial charge is 0.340 e. The van der Waals surface area contributed by atoms with E-state index in [-0.39, 0.29) is 11.8 Å². The van der Waals surface area contributed by atoms with E-state index in [1.807, 2.05) is 32.9 Å². The number of nitrogens with one attached hydrogen (secondary N) is 3. The standard InChI is InChI=1S/C21H24BrN3O3/c1-13(2)12-18(23-19(26)15-9-5-4-8-14(15)3)21(28)25-24-20(27)16-10-6-7-11-17(16)22/h4-11,13,18H,12H2,1-3H3,(H,23,26)(H,24,27)(H,25,28). The van der Waals surface area contributed by atoms with E-state index < -0.39 is 17.9 Å². The molecule has 0 saturated carbocycles. The van der Waals surface area contributed by atoms with Gasteiger partial charge < -0.3 is 5.32 Å². The summed E-state index contributed by atoms with van der Waals surface area (Å²) < 4.78 is 0.619. The Morgan fingerprint density at radius 1 is 0.893 bits per heavy atom. The number of hydrogen-bond donors (Lipinski definition) is 3. The molecule has 0 aliphatic carbocycles. The van der Waals surface area contributed by atoms with Gasteiger partial charge in [0.2, 0.25) is 0 Å². The quantitative estimate of drug-likeness (QED) is 0.595. The molecule has 28 heavy (non-hydrogen) atoms. The third kappa shape index (κ3) is 5.92. The molecule has 2 aromatic carbocycles. The van der Waals surface area contributed by atoms with E-state index in [0.717, 1.165) is 5.56 Å². The molecular formula is C21H24BrN3O3. The van der Waals surface area contributed by atoms with Gasteiger partial charge >= 0.3 is 0 Å². The number of carbonyl (C=O) groups excluding carboxylic acids is 3. The van der Waals surface area contributed by atoms with Gasteiger partial charge in [0, 0.05) is 10.0 Å². The fourth-order valence-electron chi connectivity index (χ4n) is 2.68. The first-order valence-electron chi connectivity index (χ1n) is 9.00. The summed E-state index contributed by atoms with van der Waals surface area (Å²) in [6.45, 7) is 5.75. The summed E-state index contributed by atoms with van der Waals surface area (Å²) in [6.07, 6.45) is 0.439. The van der Waals surface area contributed by atoms with E-state index in [4.69, 9.17) is 0 Å². The van der Waals surface area contributed by atoms with Gasteiger partial charge in [-0.05, 0) is 59.0 Å². The highest BCUT2D eigenvalue weighted by atomic mass is 79.9. The van der Waals surface area contributed by atoms with Crippen LogP contribution in [0, 0.1) is 12.8 Å². The van der Waals surface area contributed by atoms with Gasteiger partial charge in [0.15, 0.2) is 0 Å². The number of hydrogen-bond acceptors (Lipinski definition) is 3. The van der Waals surface area contributed by atoms with E-state index in [1.54, 1.807) is 36.4 Å². The lowest BCUT2D eigenvalue weighted by atomic mass is 10.0. The van der Waals surface area contributed by atoms with Crippen molar-refractivity contribution in [3.05, 3.63) is 69.7 Å². The second-order valence-electron chi connectivity index (χ2n) is 6.89. The number of benzene rings is 2. The maximum atomic E-state index is 12.6. The van der Waals surface area contributed by atoms with Crippen molar-refractivity contribution in [2.45, 2.75) is 33.2 Å². The summed E-state index contributed by atoms with van der Waals surface area (Å²) in [5.41, 5.74) is 6.54. The first-order chi connectivity index (χ1) is 13.3. The number of hydrazine groups is 1. The van der Waals surface area contributed by atoms with Crippen molar-refractivity contribution in [3.8, 4) is 0 Å². The van der Waals surface area contributed by atoms with Crippen molar-refractivity contribution in [3.63, 3.8) is 0 Å². The number of halogens is 1. The van der Waals surface area contributed by atoms with E-state index in [2.05, 4.69) is 32.1 Å². The van der Waals surface area contributed by atoms with Crippen molar-refractivity contribution in [2.75, 3.05) is 0 Å². The minimum absolute atomic E-state index is 0.173. The molecule has 2 rings (SSSR count). The first-order valence-corrected chi connectivity index (χ1v) is 9.80. The van der Waals surface area contributed by atoms with Crippen LogP contribution in [-0.2, 0) is 4.79 Å². The number of rotatable bonds is 6. The summed E-state index contributed by atoms with van der Waals surface area (Å²) >= 11 is 3.30. The second kappa shape index (κ2) is 10.0. The maximum absolute atomic E-state index is 12.6. The van der Waals surface area contributed by atoms with Crippen molar-refractivity contribution in [1.29, 1.82) is 0 Å². The fourth-order valence-corrected chi connectivity index (χ4v) is 3.15. The summed E-state index contributed by atoms with van der Waals surface area (Å²) in [5.74, 6) is -1.08. The molecule has 3 amide bonds. The van der Waals surface area contributed by atoms with Crippen LogP contribution in [0.5, 0.6) is 0 Å². The molecule has 2 aromatic rings. The summed E-state index contributed by atoms with van der Waals surface area (Å²) in [4.78, 5) is 37.4. The lowest BCUT2D eigenvalue weighted by molar-refractivity contribution is -0.124. The molecule has 6 nitrogen and oxygen atoms in total. The topological polar surface area (TPSA) is 87.3 Å². The Bertz CT molecular complexity index is 867. The van der Waals surface area contributed by atoms with Crippen LogP contribution < -0.4 is 16.2 Å². The van der Waals surface area contributed by atoms with Crippen LogP contribution in [-0.4, -0.2) is 23.8 Å². The molecular weight excluding hydrogens is 422 g/mol. The smallest absolute Gasteiger partial charge is 0.270 e. The molecule has 0 fully saturated rings. The minimum atomic E-state index is -0.772. The van der Waals surface area contributed by atoms with Gasteiger partial charge in [0.05, 0.1) is 5.56 Å². The highest BCUT2D eigenvalue weighted by Crippen LogP contribution is 2.15. The Hall–Kier alpha value is -2.67. The average molecular weight is 446 g/mol.